The fourth-order valence-electron chi connectivity index (χ4n) is 4.77. The van der Waals surface area contributed by atoms with E-state index in [0.29, 0.717) is 13.0 Å². The Hall–Kier alpha value is -3.08. The lowest BCUT2D eigenvalue weighted by Gasteiger charge is -2.25. The Balaban J connectivity index is 1.48. The number of carbonyl (C=O) groups is 2. The third-order valence-electron chi connectivity index (χ3n) is 6.45. The second-order valence-corrected chi connectivity index (χ2v) is 8.85. The SMILES string of the molecule is CCCCCC[C@H](C)NC(=O)CCN1C(=O)c2ccccc2[C@@H]1c1c[nH]c2ccccc12. The second-order valence-electron chi connectivity index (χ2n) is 8.85. The van der Waals surface area contributed by atoms with Crippen LogP contribution in [0.2, 0.25) is 0 Å². The molecule has 0 saturated carbocycles. The fourth-order valence-corrected chi connectivity index (χ4v) is 4.77. The molecule has 168 valence electrons. The van der Waals surface area contributed by atoms with Crippen LogP contribution < -0.4 is 5.32 Å². The maximum Gasteiger partial charge on any atom is 0.255 e. The van der Waals surface area contributed by atoms with E-state index in [1.165, 1.54) is 19.3 Å². The van der Waals surface area contributed by atoms with Crippen molar-refractivity contribution in [3.05, 3.63) is 71.4 Å². The van der Waals surface area contributed by atoms with Gasteiger partial charge in [0, 0.05) is 47.2 Å². The first-order chi connectivity index (χ1) is 15.6. The summed E-state index contributed by atoms with van der Waals surface area (Å²) < 4.78 is 0. The van der Waals surface area contributed by atoms with Gasteiger partial charge in [-0.1, -0.05) is 69.0 Å². The largest absolute Gasteiger partial charge is 0.361 e. The minimum absolute atomic E-state index is 0.00343. The standard InChI is InChI=1S/C27H33N3O2/c1-3-4-5-6-11-19(2)29-25(31)16-17-30-26(21-13-7-8-14-22(21)27(30)32)23-18-28-24-15-10-9-12-20(23)24/h7-10,12-15,18-19,26,28H,3-6,11,16-17H2,1-2H3,(H,29,31)/t19-,26+/m0/s1. The van der Waals surface area contributed by atoms with Crippen LogP contribution >= 0.6 is 0 Å². The van der Waals surface area contributed by atoms with Crippen LogP contribution in [-0.2, 0) is 4.79 Å². The Kier molecular flexibility index (Phi) is 6.93. The predicted molar refractivity (Wildman–Crippen MR) is 129 cm³/mol. The molecule has 0 bridgehead atoms. The van der Waals surface area contributed by atoms with Crippen LogP contribution in [-0.4, -0.2) is 34.3 Å². The molecule has 0 spiro atoms. The van der Waals surface area contributed by atoms with Gasteiger partial charge < -0.3 is 15.2 Å². The van der Waals surface area contributed by atoms with Crippen LogP contribution in [0.15, 0.2) is 54.7 Å². The summed E-state index contributed by atoms with van der Waals surface area (Å²) in [6.45, 7) is 4.66. The number of aromatic nitrogens is 1. The maximum atomic E-state index is 13.3. The molecule has 4 rings (SSSR count). The average Bonchev–Trinajstić information content (AvgIpc) is 3.34. The number of fused-ring (bicyclic) bond motifs is 2. The number of unbranched alkanes of at least 4 members (excludes halogenated alkanes) is 3. The Bertz CT molecular complexity index is 1090. The van der Waals surface area contributed by atoms with Crippen molar-refractivity contribution < 1.29 is 9.59 Å². The summed E-state index contributed by atoms with van der Waals surface area (Å²) in [6.07, 6.45) is 8.10. The number of benzene rings is 2. The highest BCUT2D eigenvalue weighted by Gasteiger charge is 2.38. The van der Waals surface area contributed by atoms with Gasteiger partial charge in [0.05, 0.1) is 6.04 Å². The van der Waals surface area contributed by atoms with Gasteiger partial charge in [-0.05, 0) is 31.0 Å². The lowest BCUT2D eigenvalue weighted by molar-refractivity contribution is -0.122. The summed E-state index contributed by atoms with van der Waals surface area (Å²) in [5, 5.41) is 4.22. The van der Waals surface area contributed by atoms with E-state index in [-0.39, 0.29) is 23.9 Å². The van der Waals surface area contributed by atoms with E-state index < -0.39 is 0 Å². The third kappa shape index (κ3) is 4.57. The summed E-state index contributed by atoms with van der Waals surface area (Å²) in [6, 6.07) is 15.9. The molecule has 5 heteroatoms. The molecule has 1 aliphatic heterocycles. The molecular formula is C27H33N3O2. The van der Waals surface area contributed by atoms with Crippen LogP contribution in [0.5, 0.6) is 0 Å². The highest BCUT2D eigenvalue weighted by atomic mass is 16.2. The van der Waals surface area contributed by atoms with Crippen molar-refractivity contribution in [3.63, 3.8) is 0 Å². The molecule has 0 radical (unpaired) electrons. The molecule has 0 unspecified atom stereocenters. The van der Waals surface area contributed by atoms with Crippen molar-refractivity contribution in [2.75, 3.05) is 6.54 Å². The van der Waals surface area contributed by atoms with Gasteiger partial charge >= 0.3 is 0 Å². The van der Waals surface area contributed by atoms with Crippen LogP contribution in [0.4, 0.5) is 0 Å². The molecule has 0 fully saturated rings. The quantitative estimate of drug-likeness (QED) is 0.412. The first-order valence-corrected chi connectivity index (χ1v) is 11.9. The summed E-state index contributed by atoms with van der Waals surface area (Å²) >= 11 is 0. The number of H-pyrrole nitrogens is 1. The Morgan fingerprint density at radius 2 is 1.84 bits per heavy atom. The van der Waals surface area contributed by atoms with Crippen molar-refractivity contribution >= 4 is 22.7 Å². The van der Waals surface area contributed by atoms with Crippen LogP contribution in [0.1, 0.15) is 79.9 Å². The minimum atomic E-state index is -0.186. The molecule has 3 aromatic rings. The number of hydrogen-bond acceptors (Lipinski definition) is 2. The van der Waals surface area contributed by atoms with Gasteiger partial charge in [0.2, 0.25) is 5.91 Å². The molecule has 1 aliphatic rings. The summed E-state index contributed by atoms with van der Waals surface area (Å²) in [4.78, 5) is 31.1. The van der Waals surface area contributed by atoms with Crippen molar-refractivity contribution in [1.29, 1.82) is 0 Å². The summed E-state index contributed by atoms with van der Waals surface area (Å²) in [7, 11) is 0. The Labute approximate surface area is 190 Å². The number of aromatic amines is 1. The first-order valence-electron chi connectivity index (χ1n) is 11.9. The highest BCUT2D eigenvalue weighted by molar-refractivity contribution is 6.01. The predicted octanol–water partition coefficient (Wildman–Crippen LogP) is 5.58. The number of carbonyl (C=O) groups excluding carboxylic acids is 2. The molecule has 2 atom stereocenters. The maximum absolute atomic E-state index is 13.3. The van der Waals surface area contributed by atoms with Crippen LogP contribution in [0.3, 0.4) is 0 Å². The zero-order valence-corrected chi connectivity index (χ0v) is 19.1. The number of hydrogen-bond donors (Lipinski definition) is 2. The number of para-hydroxylation sites is 1. The van der Waals surface area contributed by atoms with E-state index in [1.807, 2.05) is 53.6 Å². The lowest BCUT2D eigenvalue weighted by Crippen LogP contribution is -2.37. The molecule has 2 amide bonds. The number of rotatable bonds is 10. The molecule has 0 saturated heterocycles. The van der Waals surface area contributed by atoms with Crippen molar-refractivity contribution in [2.45, 2.75) is 64.5 Å². The molecule has 2 N–H and O–H groups in total. The third-order valence-corrected chi connectivity index (χ3v) is 6.45. The average molecular weight is 432 g/mol. The van der Waals surface area contributed by atoms with E-state index in [4.69, 9.17) is 0 Å². The number of nitrogens with zero attached hydrogens (tertiary/aromatic N) is 1. The van der Waals surface area contributed by atoms with Gasteiger partial charge in [-0.3, -0.25) is 9.59 Å². The van der Waals surface area contributed by atoms with E-state index in [2.05, 4.69) is 30.2 Å². The molecule has 2 aromatic carbocycles. The highest BCUT2D eigenvalue weighted by Crippen LogP contribution is 2.41. The van der Waals surface area contributed by atoms with Crippen molar-refractivity contribution in [1.82, 2.24) is 15.2 Å². The molecule has 2 heterocycles. The zero-order chi connectivity index (χ0) is 22.5. The Morgan fingerprint density at radius 3 is 2.69 bits per heavy atom. The van der Waals surface area contributed by atoms with Gasteiger partial charge in [-0.25, -0.2) is 0 Å². The topological polar surface area (TPSA) is 65.2 Å². The normalized spacial score (nSPS) is 16.4. The number of nitrogens with one attached hydrogen (secondary N) is 2. The molecule has 1 aromatic heterocycles. The van der Waals surface area contributed by atoms with Gasteiger partial charge in [0.25, 0.3) is 5.91 Å². The van der Waals surface area contributed by atoms with Crippen LogP contribution in [0, 0.1) is 0 Å². The zero-order valence-electron chi connectivity index (χ0n) is 19.1. The molecule has 32 heavy (non-hydrogen) atoms. The summed E-state index contributed by atoms with van der Waals surface area (Å²) in [5.41, 5.74) is 3.86. The van der Waals surface area contributed by atoms with E-state index in [9.17, 15) is 9.59 Å². The number of amides is 2. The van der Waals surface area contributed by atoms with Gasteiger partial charge in [-0.2, -0.15) is 0 Å². The van der Waals surface area contributed by atoms with Crippen molar-refractivity contribution in [3.8, 4) is 0 Å². The monoisotopic (exact) mass is 431 g/mol. The van der Waals surface area contributed by atoms with Gasteiger partial charge in [-0.15, -0.1) is 0 Å². The lowest BCUT2D eigenvalue weighted by atomic mass is 9.97. The molecular weight excluding hydrogens is 398 g/mol. The van der Waals surface area contributed by atoms with E-state index in [0.717, 1.165) is 40.4 Å². The first kappa shape index (κ1) is 22.1. The smallest absolute Gasteiger partial charge is 0.255 e. The van der Waals surface area contributed by atoms with Gasteiger partial charge in [0.15, 0.2) is 0 Å². The minimum Gasteiger partial charge on any atom is -0.361 e. The van der Waals surface area contributed by atoms with Crippen LogP contribution in [0.25, 0.3) is 10.9 Å². The Morgan fingerprint density at radius 1 is 1.06 bits per heavy atom. The van der Waals surface area contributed by atoms with E-state index in [1.54, 1.807) is 0 Å². The fraction of sp³-hybridized carbons (Fsp3) is 0.407. The molecule has 0 aliphatic carbocycles. The van der Waals surface area contributed by atoms with Gasteiger partial charge in [0.1, 0.15) is 0 Å². The van der Waals surface area contributed by atoms with E-state index >= 15 is 0 Å². The second kappa shape index (κ2) is 10.0. The summed E-state index contributed by atoms with van der Waals surface area (Å²) in [5.74, 6) is 0.00530. The van der Waals surface area contributed by atoms with Crippen molar-refractivity contribution in [2.24, 2.45) is 0 Å². The molecule has 5 nitrogen and oxygen atoms in total.